The van der Waals surface area contributed by atoms with Crippen LogP contribution in [0.15, 0.2) is 0 Å². The summed E-state index contributed by atoms with van der Waals surface area (Å²) in [6, 6.07) is 0. The van der Waals surface area contributed by atoms with Crippen molar-refractivity contribution in [2.24, 2.45) is 0 Å². The van der Waals surface area contributed by atoms with Crippen molar-refractivity contribution >= 4 is 6.09 Å². The van der Waals surface area contributed by atoms with E-state index in [1.54, 1.807) is 0 Å². The highest BCUT2D eigenvalue weighted by molar-refractivity contribution is 5.68. The number of amides is 1. The fraction of sp³-hybridized carbons (Fsp3) is 0.947. The molecular formula is C19H34FNO3. The molecule has 1 heterocycles. The third-order valence-electron chi connectivity index (χ3n) is 4.80. The third kappa shape index (κ3) is 6.58. The summed E-state index contributed by atoms with van der Waals surface area (Å²) in [6.07, 6.45) is 8.38. The fourth-order valence-corrected chi connectivity index (χ4v) is 3.51. The van der Waals surface area contributed by atoms with Gasteiger partial charge in [0.1, 0.15) is 11.8 Å². The van der Waals surface area contributed by atoms with Crippen molar-refractivity contribution in [2.45, 2.75) is 103 Å². The summed E-state index contributed by atoms with van der Waals surface area (Å²) in [4.78, 5) is 13.5. The molecule has 0 spiro atoms. The van der Waals surface area contributed by atoms with Gasteiger partial charge in [0.25, 0.3) is 0 Å². The molecule has 2 rings (SSSR count). The van der Waals surface area contributed by atoms with Crippen LogP contribution < -0.4 is 0 Å². The Balaban J connectivity index is 1.80. The fourth-order valence-electron chi connectivity index (χ4n) is 3.51. The van der Waals surface area contributed by atoms with Gasteiger partial charge in [-0.25, -0.2) is 9.18 Å². The highest BCUT2D eigenvalue weighted by Crippen LogP contribution is 2.25. The maximum Gasteiger partial charge on any atom is 0.410 e. The molecule has 0 aromatic heterocycles. The minimum absolute atomic E-state index is 0.0757. The summed E-state index contributed by atoms with van der Waals surface area (Å²) in [5.74, 6) is 0. The molecule has 0 aromatic rings. The van der Waals surface area contributed by atoms with Crippen LogP contribution in [0, 0.1) is 0 Å². The Bertz CT molecular complexity index is 387. The summed E-state index contributed by atoms with van der Waals surface area (Å²) < 4.78 is 26.0. The maximum absolute atomic E-state index is 14.5. The standard InChI is InChI=1S/C19H34FNO3/c1-19(2,3)24-18(22)21-13-12-17(16(20)14-21)23-15-10-8-6-4-5-7-9-11-15/h15-17H,4-14H2,1-3H3/t16-,17+/m0/s1. The van der Waals surface area contributed by atoms with Crippen LogP contribution in [0.4, 0.5) is 9.18 Å². The number of carbonyl (C=O) groups is 1. The Kier molecular flexibility index (Phi) is 7.33. The molecule has 0 aromatic carbocycles. The van der Waals surface area contributed by atoms with E-state index in [0.29, 0.717) is 13.0 Å². The lowest BCUT2D eigenvalue weighted by Crippen LogP contribution is -2.50. The summed E-state index contributed by atoms with van der Waals surface area (Å²) in [5.41, 5.74) is -0.548. The van der Waals surface area contributed by atoms with E-state index in [1.165, 1.54) is 43.4 Å². The van der Waals surface area contributed by atoms with E-state index in [0.717, 1.165) is 12.8 Å². The SMILES string of the molecule is CC(C)(C)OC(=O)N1CC[C@@H](OC2CCCCCCCC2)[C@@H](F)C1. The Labute approximate surface area is 146 Å². The predicted octanol–water partition coefficient (Wildman–Crippen LogP) is 4.85. The number of likely N-dealkylation sites (tertiary alicyclic amines) is 1. The number of hydrogen-bond acceptors (Lipinski definition) is 3. The normalized spacial score (nSPS) is 27.9. The molecule has 2 atom stereocenters. The second-order valence-electron chi connectivity index (χ2n) is 8.23. The molecule has 1 aliphatic carbocycles. The Morgan fingerprint density at radius 2 is 1.58 bits per heavy atom. The van der Waals surface area contributed by atoms with Crippen molar-refractivity contribution in [1.29, 1.82) is 0 Å². The second-order valence-corrected chi connectivity index (χ2v) is 8.23. The Hall–Kier alpha value is -0.840. The lowest BCUT2D eigenvalue weighted by atomic mass is 10.0. The van der Waals surface area contributed by atoms with Gasteiger partial charge in [-0.1, -0.05) is 38.5 Å². The van der Waals surface area contributed by atoms with Crippen LogP contribution in [0.1, 0.15) is 78.6 Å². The first-order valence-electron chi connectivity index (χ1n) is 9.62. The molecule has 2 aliphatic rings. The van der Waals surface area contributed by atoms with E-state index in [9.17, 15) is 9.18 Å². The van der Waals surface area contributed by atoms with E-state index >= 15 is 0 Å². The van der Waals surface area contributed by atoms with Gasteiger partial charge in [0, 0.05) is 6.54 Å². The average molecular weight is 343 g/mol. The van der Waals surface area contributed by atoms with Crippen molar-refractivity contribution < 1.29 is 18.7 Å². The number of alkyl halides is 1. The van der Waals surface area contributed by atoms with E-state index in [-0.39, 0.29) is 18.8 Å². The number of rotatable bonds is 2. The average Bonchev–Trinajstić information content (AvgIpc) is 2.61. The largest absolute Gasteiger partial charge is 0.444 e. The molecule has 4 nitrogen and oxygen atoms in total. The van der Waals surface area contributed by atoms with E-state index in [4.69, 9.17) is 9.47 Å². The monoisotopic (exact) mass is 343 g/mol. The minimum Gasteiger partial charge on any atom is -0.444 e. The van der Waals surface area contributed by atoms with Gasteiger partial charge < -0.3 is 14.4 Å². The van der Waals surface area contributed by atoms with E-state index in [2.05, 4.69) is 0 Å². The van der Waals surface area contributed by atoms with Crippen molar-refractivity contribution in [2.75, 3.05) is 13.1 Å². The smallest absolute Gasteiger partial charge is 0.410 e. The quantitative estimate of drug-likeness (QED) is 0.719. The maximum atomic E-state index is 14.5. The molecule has 140 valence electrons. The van der Waals surface area contributed by atoms with Crippen LogP contribution in [0.3, 0.4) is 0 Å². The number of hydrogen-bond donors (Lipinski definition) is 0. The highest BCUT2D eigenvalue weighted by atomic mass is 19.1. The van der Waals surface area contributed by atoms with Crippen LogP contribution in [0.5, 0.6) is 0 Å². The molecule has 1 saturated heterocycles. The molecule has 1 amide bonds. The molecule has 2 fully saturated rings. The van der Waals surface area contributed by atoms with Gasteiger partial charge in [-0.3, -0.25) is 0 Å². The lowest BCUT2D eigenvalue weighted by molar-refractivity contribution is -0.0887. The zero-order valence-electron chi connectivity index (χ0n) is 15.6. The number of nitrogens with zero attached hydrogens (tertiary/aromatic N) is 1. The van der Waals surface area contributed by atoms with Crippen LogP contribution in [-0.2, 0) is 9.47 Å². The Morgan fingerprint density at radius 3 is 2.12 bits per heavy atom. The van der Waals surface area contributed by atoms with Crippen LogP contribution in [-0.4, -0.2) is 48.1 Å². The van der Waals surface area contributed by atoms with Gasteiger partial charge in [-0.2, -0.15) is 0 Å². The minimum atomic E-state index is -1.13. The number of halogens is 1. The molecular weight excluding hydrogens is 309 g/mol. The number of ether oxygens (including phenoxy) is 2. The van der Waals surface area contributed by atoms with Crippen LogP contribution >= 0.6 is 0 Å². The first-order valence-corrected chi connectivity index (χ1v) is 9.62. The Morgan fingerprint density at radius 1 is 1.00 bits per heavy atom. The zero-order valence-corrected chi connectivity index (χ0v) is 15.6. The number of piperidine rings is 1. The summed E-state index contributed by atoms with van der Waals surface area (Å²) in [5, 5.41) is 0. The van der Waals surface area contributed by atoms with Gasteiger partial charge in [0.05, 0.1) is 18.8 Å². The molecule has 0 radical (unpaired) electrons. The van der Waals surface area contributed by atoms with Crippen LogP contribution in [0.25, 0.3) is 0 Å². The van der Waals surface area contributed by atoms with Crippen LogP contribution in [0.2, 0.25) is 0 Å². The van der Waals surface area contributed by atoms with Crippen molar-refractivity contribution in [3.05, 3.63) is 0 Å². The number of carbonyl (C=O) groups excluding carboxylic acids is 1. The van der Waals surface area contributed by atoms with Gasteiger partial charge in [-0.15, -0.1) is 0 Å². The topological polar surface area (TPSA) is 38.8 Å². The molecule has 0 bridgehead atoms. The molecule has 1 saturated carbocycles. The van der Waals surface area contributed by atoms with Gasteiger partial charge in [-0.05, 0) is 40.0 Å². The van der Waals surface area contributed by atoms with Gasteiger partial charge >= 0.3 is 6.09 Å². The summed E-state index contributed by atoms with van der Waals surface area (Å²) in [6.45, 7) is 6.06. The van der Waals surface area contributed by atoms with Gasteiger partial charge in [0.2, 0.25) is 0 Å². The predicted molar refractivity (Wildman–Crippen MR) is 92.9 cm³/mol. The first-order chi connectivity index (χ1) is 11.3. The molecule has 5 heteroatoms. The second kappa shape index (κ2) is 9.02. The zero-order chi connectivity index (χ0) is 17.6. The van der Waals surface area contributed by atoms with Crippen molar-refractivity contribution in [3.63, 3.8) is 0 Å². The first kappa shape index (κ1) is 19.5. The molecule has 1 aliphatic heterocycles. The third-order valence-corrected chi connectivity index (χ3v) is 4.80. The van der Waals surface area contributed by atoms with E-state index in [1.807, 2.05) is 20.8 Å². The molecule has 0 unspecified atom stereocenters. The molecule has 0 N–H and O–H groups in total. The van der Waals surface area contributed by atoms with Gasteiger partial charge in [0.15, 0.2) is 0 Å². The van der Waals surface area contributed by atoms with Crippen molar-refractivity contribution in [1.82, 2.24) is 4.90 Å². The highest BCUT2D eigenvalue weighted by Gasteiger charge is 2.35. The summed E-state index contributed by atoms with van der Waals surface area (Å²) in [7, 11) is 0. The summed E-state index contributed by atoms with van der Waals surface area (Å²) >= 11 is 0. The van der Waals surface area contributed by atoms with Crippen molar-refractivity contribution in [3.8, 4) is 0 Å². The van der Waals surface area contributed by atoms with E-state index < -0.39 is 17.9 Å². The lowest BCUT2D eigenvalue weighted by Gasteiger charge is -2.37. The molecule has 24 heavy (non-hydrogen) atoms.